The molecule has 0 radical (unpaired) electrons. The van der Waals surface area contributed by atoms with Gasteiger partial charge in [-0.15, -0.1) is 0 Å². The maximum atomic E-state index is 15.9. The summed E-state index contributed by atoms with van der Waals surface area (Å²) in [5.74, 6) is -1.14. The summed E-state index contributed by atoms with van der Waals surface area (Å²) in [6, 6.07) is -0.437. The minimum Gasteiger partial charge on any atom is -0.379 e. The number of hydrogen-bond acceptors (Lipinski definition) is 8. The molecule has 9 nitrogen and oxygen atoms in total. The molecule has 3 saturated heterocycles. The first kappa shape index (κ1) is 24.7. The molecule has 6 aliphatic rings. The first-order valence-corrected chi connectivity index (χ1v) is 13.9. The zero-order valence-corrected chi connectivity index (χ0v) is 21.0. The molecule has 10 heteroatoms. The summed E-state index contributed by atoms with van der Waals surface area (Å²) < 4.78 is 27.9. The second kappa shape index (κ2) is 10.3. The number of ether oxygens (including phenoxy) is 2. The summed E-state index contributed by atoms with van der Waals surface area (Å²) in [5.41, 5.74) is 6.35. The molecule has 2 saturated carbocycles. The van der Waals surface area contributed by atoms with Crippen LogP contribution in [0.1, 0.15) is 38.5 Å². The van der Waals surface area contributed by atoms with Gasteiger partial charge in [-0.05, 0) is 25.7 Å². The third-order valence-electron chi connectivity index (χ3n) is 9.28. The van der Waals surface area contributed by atoms with Crippen LogP contribution in [0.3, 0.4) is 0 Å². The quantitative estimate of drug-likeness (QED) is 0.506. The van der Waals surface area contributed by atoms with Crippen LogP contribution in [-0.2, 0) is 19.1 Å². The minimum atomic E-state index is -1.18. The van der Waals surface area contributed by atoms with Crippen molar-refractivity contribution >= 4 is 11.7 Å². The number of nitrogens with two attached hydrogens (primary N) is 1. The zero-order chi connectivity index (χ0) is 24.8. The van der Waals surface area contributed by atoms with Gasteiger partial charge in [0.15, 0.2) is 5.78 Å². The average molecular weight is 506 g/mol. The Labute approximate surface area is 212 Å². The number of halogens is 1. The maximum absolute atomic E-state index is 15.9. The van der Waals surface area contributed by atoms with E-state index in [-0.39, 0.29) is 47.9 Å². The average Bonchev–Trinajstić information content (AvgIpc) is 3.31. The smallest absolute Gasteiger partial charge is 0.256 e. The number of rotatable bonds is 5. The molecule has 8 unspecified atom stereocenters. The highest BCUT2D eigenvalue weighted by Crippen LogP contribution is 2.47. The van der Waals surface area contributed by atoms with Crippen molar-refractivity contribution in [1.29, 1.82) is 0 Å². The first-order valence-electron chi connectivity index (χ1n) is 13.9. The Kier molecular flexibility index (Phi) is 7.07. The van der Waals surface area contributed by atoms with E-state index in [4.69, 9.17) is 15.2 Å². The highest BCUT2D eigenvalue weighted by atomic mass is 19.1. The number of amides is 1. The van der Waals surface area contributed by atoms with E-state index in [2.05, 4.69) is 20.0 Å². The molecule has 0 spiro atoms. The second-order valence-electron chi connectivity index (χ2n) is 11.4. The first-order chi connectivity index (χ1) is 17.5. The molecular formula is C26H40FN5O4. The van der Waals surface area contributed by atoms with Crippen LogP contribution in [0.15, 0.2) is 11.8 Å². The maximum Gasteiger partial charge on any atom is 0.256 e. The van der Waals surface area contributed by atoms with Crippen molar-refractivity contribution in [2.24, 2.45) is 11.7 Å². The van der Waals surface area contributed by atoms with Gasteiger partial charge in [-0.25, -0.2) is 4.39 Å². The molecule has 200 valence electrons. The fraction of sp³-hybridized carbons (Fsp3) is 0.846. The molecule has 0 aromatic heterocycles. The van der Waals surface area contributed by atoms with Gasteiger partial charge in [0.25, 0.3) is 5.91 Å². The fourth-order valence-corrected chi connectivity index (χ4v) is 7.49. The lowest BCUT2D eigenvalue weighted by molar-refractivity contribution is -0.209. The Morgan fingerprint density at radius 3 is 2.72 bits per heavy atom. The number of alkyl halides is 1. The van der Waals surface area contributed by atoms with Crippen LogP contribution in [0.2, 0.25) is 0 Å². The van der Waals surface area contributed by atoms with E-state index in [1.165, 1.54) is 0 Å². The van der Waals surface area contributed by atoms with E-state index in [1.807, 2.05) is 0 Å². The highest BCUT2D eigenvalue weighted by molar-refractivity contribution is 6.20. The van der Waals surface area contributed by atoms with Gasteiger partial charge in [0, 0.05) is 57.4 Å². The van der Waals surface area contributed by atoms with E-state index in [9.17, 15) is 9.59 Å². The van der Waals surface area contributed by atoms with Crippen molar-refractivity contribution < 1.29 is 23.5 Å². The SMILES string of the molecule is NC1CCN(C2C(F)CC3C(=O)C(C(=O)NCCN4CCOCC4)=CN4C5CCCCC5OC2C34)C1. The Hall–Kier alpha value is -1.59. The van der Waals surface area contributed by atoms with Crippen molar-refractivity contribution in [2.45, 2.75) is 81.1 Å². The molecule has 4 aliphatic heterocycles. The topological polar surface area (TPSA) is 100 Å². The van der Waals surface area contributed by atoms with Crippen LogP contribution in [0.4, 0.5) is 4.39 Å². The third-order valence-corrected chi connectivity index (χ3v) is 9.28. The predicted molar refractivity (Wildman–Crippen MR) is 131 cm³/mol. The van der Waals surface area contributed by atoms with Crippen molar-refractivity contribution in [3.05, 3.63) is 11.8 Å². The van der Waals surface area contributed by atoms with Crippen LogP contribution >= 0.6 is 0 Å². The van der Waals surface area contributed by atoms with Crippen LogP contribution in [0.5, 0.6) is 0 Å². The number of hydrogen-bond donors (Lipinski definition) is 2. The van der Waals surface area contributed by atoms with Gasteiger partial charge in [-0.3, -0.25) is 19.4 Å². The number of nitrogens with one attached hydrogen (secondary N) is 1. The fourth-order valence-electron chi connectivity index (χ4n) is 7.49. The number of nitrogens with zero attached hydrogens (tertiary/aromatic N) is 3. The summed E-state index contributed by atoms with van der Waals surface area (Å²) in [4.78, 5) is 33.5. The number of fused-ring (bicyclic) bond motifs is 2. The molecule has 4 heterocycles. The Morgan fingerprint density at radius 1 is 1.14 bits per heavy atom. The predicted octanol–water partition coefficient (Wildman–Crippen LogP) is 0.0416. The summed E-state index contributed by atoms with van der Waals surface area (Å²) in [6.07, 6.45) is 5.30. The second-order valence-corrected chi connectivity index (χ2v) is 11.4. The molecule has 0 bridgehead atoms. The lowest BCUT2D eigenvalue weighted by Crippen LogP contribution is -2.73. The summed E-state index contributed by atoms with van der Waals surface area (Å²) in [7, 11) is 0. The number of carbonyl (C=O) groups is 2. The minimum absolute atomic E-state index is 0.000176. The van der Waals surface area contributed by atoms with Gasteiger partial charge in [-0.1, -0.05) is 12.8 Å². The van der Waals surface area contributed by atoms with Crippen LogP contribution in [-0.4, -0.2) is 121 Å². The molecule has 6 rings (SSSR count). The van der Waals surface area contributed by atoms with E-state index >= 15 is 4.39 Å². The lowest BCUT2D eigenvalue weighted by atomic mass is 9.69. The number of ketones is 1. The summed E-state index contributed by atoms with van der Waals surface area (Å²) >= 11 is 0. The van der Waals surface area contributed by atoms with Crippen molar-refractivity contribution in [2.75, 3.05) is 52.5 Å². The van der Waals surface area contributed by atoms with Gasteiger partial charge < -0.3 is 25.4 Å². The molecule has 36 heavy (non-hydrogen) atoms. The van der Waals surface area contributed by atoms with Gasteiger partial charge in [0.05, 0.1) is 49.1 Å². The van der Waals surface area contributed by atoms with Crippen LogP contribution in [0.25, 0.3) is 0 Å². The number of Topliss-reactive ketones (excluding diaryl/α,β-unsaturated/α-hetero) is 1. The van der Waals surface area contributed by atoms with E-state index < -0.39 is 24.2 Å². The lowest BCUT2D eigenvalue weighted by Gasteiger charge is -2.60. The van der Waals surface area contributed by atoms with Gasteiger partial charge in [0.1, 0.15) is 6.17 Å². The van der Waals surface area contributed by atoms with Crippen molar-refractivity contribution in [1.82, 2.24) is 20.0 Å². The highest BCUT2D eigenvalue weighted by Gasteiger charge is 2.59. The van der Waals surface area contributed by atoms with E-state index in [0.717, 1.165) is 58.3 Å². The van der Waals surface area contributed by atoms with Gasteiger partial charge in [0.2, 0.25) is 0 Å². The molecule has 0 aromatic carbocycles. The standard InChI is InChI=1S/C26H40FN5O4/c27-19-13-17-22-25(23(19)31-7-5-16(28)14-31)36-21-4-2-1-3-20(21)32(22)15-18(24(17)33)26(34)29-6-8-30-9-11-35-12-10-30/h15-17,19-23,25H,1-14,28H2,(H,29,34). The molecule has 1 amide bonds. The molecule has 3 N–H and O–H groups in total. The Balaban J connectivity index is 1.24. The van der Waals surface area contributed by atoms with Crippen molar-refractivity contribution in [3.63, 3.8) is 0 Å². The third kappa shape index (κ3) is 4.49. The van der Waals surface area contributed by atoms with Crippen LogP contribution in [0, 0.1) is 5.92 Å². The molecule has 0 aromatic rings. The molecular weight excluding hydrogens is 465 g/mol. The largest absolute Gasteiger partial charge is 0.379 e. The molecule has 5 fully saturated rings. The van der Waals surface area contributed by atoms with Crippen LogP contribution < -0.4 is 11.1 Å². The molecule has 2 aliphatic carbocycles. The summed E-state index contributed by atoms with van der Waals surface area (Å²) in [6.45, 7) is 5.72. The normalized spacial score (nSPS) is 41.4. The van der Waals surface area contributed by atoms with E-state index in [1.54, 1.807) is 6.20 Å². The number of morpholine rings is 2. The summed E-state index contributed by atoms with van der Waals surface area (Å²) in [5, 5.41) is 2.96. The Bertz CT molecular complexity index is 882. The number of likely N-dealkylation sites (tertiary alicyclic amines) is 1. The number of carbonyl (C=O) groups excluding carboxylic acids is 2. The zero-order valence-electron chi connectivity index (χ0n) is 21.0. The van der Waals surface area contributed by atoms with E-state index in [0.29, 0.717) is 26.3 Å². The van der Waals surface area contributed by atoms with Gasteiger partial charge >= 0.3 is 0 Å². The Morgan fingerprint density at radius 2 is 1.94 bits per heavy atom. The molecule has 8 atom stereocenters. The van der Waals surface area contributed by atoms with Crippen molar-refractivity contribution in [3.8, 4) is 0 Å². The van der Waals surface area contributed by atoms with Gasteiger partial charge in [-0.2, -0.15) is 0 Å². The monoisotopic (exact) mass is 505 g/mol.